The fourth-order valence-corrected chi connectivity index (χ4v) is 4.22. The van der Waals surface area contributed by atoms with E-state index in [-0.39, 0.29) is 38.9 Å². The smallest absolute Gasteiger partial charge is 0.247 e. The zero-order valence-corrected chi connectivity index (χ0v) is 23.0. The van der Waals surface area contributed by atoms with Crippen LogP contribution in [0.25, 0.3) is 0 Å². The van der Waals surface area contributed by atoms with Crippen LogP contribution in [-0.2, 0) is 0 Å². The number of rotatable bonds is 9. The second-order valence-corrected chi connectivity index (χ2v) is 9.37. The topological polar surface area (TPSA) is 136 Å². The van der Waals surface area contributed by atoms with Crippen LogP contribution in [-0.4, -0.2) is 39.7 Å². The molecule has 1 heterocycles. The molecule has 0 amide bonds. The maximum absolute atomic E-state index is 10.1. The summed E-state index contributed by atoms with van der Waals surface area (Å²) >= 11 is 24.0. The Hall–Kier alpha value is -3.96. The summed E-state index contributed by atoms with van der Waals surface area (Å²) in [7, 11) is 1.55. The largest absolute Gasteiger partial charge is 0.506 e. The van der Waals surface area contributed by atoms with Crippen molar-refractivity contribution in [3.8, 4) is 17.2 Å². The SMILES string of the molecule is COc1ccccc1Nc1cc(NN=Cc2cc(Cl)cc(Cl)c2O)nc(NN=Cc2cc(Cl)cc(Cl)c2O)n1. The molecule has 0 unspecified atom stereocenters. The van der Waals surface area contributed by atoms with Crippen LogP contribution in [0.4, 0.5) is 23.3 Å². The Bertz CT molecular complexity index is 1480. The normalized spacial score (nSPS) is 11.2. The second-order valence-electron chi connectivity index (χ2n) is 7.68. The van der Waals surface area contributed by atoms with Gasteiger partial charge < -0.3 is 20.3 Å². The number of aromatic nitrogens is 2. The number of hydrogen-bond donors (Lipinski definition) is 5. The molecule has 0 aliphatic heterocycles. The van der Waals surface area contributed by atoms with Crippen LogP contribution < -0.4 is 20.9 Å². The molecule has 0 radical (unpaired) electrons. The maximum Gasteiger partial charge on any atom is 0.247 e. The Morgan fingerprint density at radius 3 is 1.95 bits per heavy atom. The summed E-state index contributed by atoms with van der Waals surface area (Å²) in [4.78, 5) is 8.75. The number of benzene rings is 3. The summed E-state index contributed by atoms with van der Waals surface area (Å²) in [5.74, 6) is 0.946. The van der Waals surface area contributed by atoms with Crippen LogP contribution in [0.1, 0.15) is 11.1 Å². The van der Waals surface area contributed by atoms with E-state index in [0.717, 1.165) is 0 Å². The highest BCUT2D eigenvalue weighted by atomic mass is 35.5. The van der Waals surface area contributed by atoms with Crippen LogP contribution in [0.2, 0.25) is 20.1 Å². The van der Waals surface area contributed by atoms with Gasteiger partial charge in [0, 0.05) is 27.2 Å². The molecule has 0 bridgehead atoms. The molecule has 1 aromatic heterocycles. The fourth-order valence-electron chi connectivity index (χ4n) is 3.20. The standard InChI is InChI=1S/C25H19Cl4N7O3/c1-39-20-5-3-2-4-19(20)32-21-10-22(35-30-11-13-6-15(26)8-17(28)23(13)37)34-25(33-21)36-31-12-14-7-16(27)9-18(29)24(14)38/h2-12,37-38H,1H3,(H3,32,33,34,35,36). The number of anilines is 4. The first-order valence-electron chi connectivity index (χ1n) is 11.0. The molecular weight excluding hydrogens is 588 g/mol. The Balaban J connectivity index is 1.62. The minimum Gasteiger partial charge on any atom is -0.506 e. The number of phenols is 2. The van der Waals surface area contributed by atoms with E-state index in [1.807, 2.05) is 18.2 Å². The van der Waals surface area contributed by atoms with E-state index in [1.165, 1.54) is 36.7 Å². The van der Waals surface area contributed by atoms with Gasteiger partial charge >= 0.3 is 0 Å². The van der Waals surface area contributed by atoms with Crippen LogP contribution >= 0.6 is 46.4 Å². The number of hydrazone groups is 2. The summed E-state index contributed by atoms with van der Waals surface area (Å²) < 4.78 is 5.39. The second kappa shape index (κ2) is 12.7. The van der Waals surface area contributed by atoms with E-state index >= 15 is 0 Å². The minimum absolute atomic E-state index is 0.0742. The Morgan fingerprint density at radius 2 is 1.33 bits per heavy atom. The highest BCUT2D eigenvalue weighted by Gasteiger charge is 2.10. The highest BCUT2D eigenvalue weighted by Crippen LogP contribution is 2.31. The molecule has 0 aliphatic carbocycles. The number of nitrogens with one attached hydrogen (secondary N) is 3. The minimum atomic E-state index is -0.180. The van der Waals surface area contributed by atoms with Crippen LogP contribution in [0.3, 0.4) is 0 Å². The monoisotopic (exact) mass is 605 g/mol. The van der Waals surface area contributed by atoms with Gasteiger partial charge in [0.1, 0.15) is 23.1 Å². The summed E-state index contributed by atoms with van der Waals surface area (Å²) in [6.45, 7) is 0. The van der Waals surface area contributed by atoms with E-state index < -0.39 is 0 Å². The maximum atomic E-state index is 10.1. The molecule has 3 aromatic carbocycles. The number of phenolic OH excluding ortho intramolecular Hbond substituents is 2. The molecule has 5 N–H and O–H groups in total. The predicted molar refractivity (Wildman–Crippen MR) is 157 cm³/mol. The van der Waals surface area contributed by atoms with Gasteiger partial charge in [0.05, 0.1) is 35.3 Å². The predicted octanol–water partition coefficient (Wildman–Crippen LogP) is 7.15. The van der Waals surface area contributed by atoms with Gasteiger partial charge in [-0.3, -0.25) is 5.43 Å². The summed E-state index contributed by atoms with van der Waals surface area (Å²) in [5.41, 5.74) is 6.70. The van der Waals surface area contributed by atoms with E-state index in [0.29, 0.717) is 32.9 Å². The zero-order chi connectivity index (χ0) is 27.9. The highest BCUT2D eigenvalue weighted by molar-refractivity contribution is 6.36. The number of aromatic hydroxyl groups is 2. The molecule has 0 fully saturated rings. The van der Waals surface area contributed by atoms with Gasteiger partial charge in [-0.1, -0.05) is 58.5 Å². The van der Waals surface area contributed by atoms with Crippen molar-refractivity contribution < 1.29 is 14.9 Å². The van der Waals surface area contributed by atoms with Crippen LogP contribution in [0.5, 0.6) is 17.2 Å². The van der Waals surface area contributed by atoms with Crippen molar-refractivity contribution >= 4 is 82.1 Å². The lowest BCUT2D eigenvalue weighted by Gasteiger charge is -2.12. The van der Waals surface area contributed by atoms with E-state index in [1.54, 1.807) is 19.2 Å². The van der Waals surface area contributed by atoms with Crippen molar-refractivity contribution in [3.05, 3.63) is 85.8 Å². The van der Waals surface area contributed by atoms with Crippen molar-refractivity contribution in [1.29, 1.82) is 0 Å². The lowest BCUT2D eigenvalue weighted by molar-refractivity contribution is 0.417. The van der Waals surface area contributed by atoms with Crippen molar-refractivity contribution in [2.75, 3.05) is 23.3 Å². The van der Waals surface area contributed by atoms with Gasteiger partial charge in [-0.25, -0.2) is 5.43 Å². The van der Waals surface area contributed by atoms with Gasteiger partial charge in [-0.2, -0.15) is 20.2 Å². The van der Waals surface area contributed by atoms with Crippen LogP contribution in [0, 0.1) is 0 Å². The molecular formula is C25H19Cl4N7O3. The van der Waals surface area contributed by atoms with Gasteiger partial charge in [0.15, 0.2) is 5.82 Å². The lowest BCUT2D eigenvalue weighted by atomic mass is 10.2. The van der Waals surface area contributed by atoms with Crippen molar-refractivity contribution in [3.63, 3.8) is 0 Å². The first-order chi connectivity index (χ1) is 18.7. The third-order valence-corrected chi connectivity index (χ3v) is 5.97. The Kier molecular flexibility index (Phi) is 9.15. The zero-order valence-electron chi connectivity index (χ0n) is 20.0. The van der Waals surface area contributed by atoms with E-state index in [9.17, 15) is 10.2 Å². The van der Waals surface area contributed by atoms with E-state index in [2.05, 4.69) is 36.3 Å². The third-order valence-electron chi connectivity index (χ3n) is 4.96. The summed E-state index contributed by atoms with van der Waals surface area (Å²) in [6.07, 6.45) is 2.65. The number of hydrogen-bond acceptors (Lipinski definition) is 10. The van der Waals surface area contributed by atoms with Gasteiger partial charge in [-0.05, 0) is 36.4 Å². The number of para-hydroxylation sites is 2. The number of halogens is 4. The summed E-state index contributed by atoms with van der Waals surface area (Å²) in [6, 6.07) is 14.7. The van der Waals surface area contributed by atoms with Gasteiger partial charge in [0.2, 0.25) is 5.95 Å². The van der Waals surface area contributed by atoms with Gasteiger partial charge in [-0.15, -0.1) is 0 Å². The fraction of sp³-hybridized carbons (Fsp3) is 0.0400. The molecule has 0 spiro atoms. The molecule has 4 aromatic rings. The molecule has 39 heavy (non-hydrogen) atoms. The Morgan fingerprint density at radius 1 is 0.769 bits per heavy atom. The molecule has 0 aliphatic rings. The molecule has 200 valence electrons. The quantitative estimate of drug-likeness (QED) is 0.100. The summed E-state index contributed by atoms with van der Waals surface area (Å²) in [5, 5.41) is 32.5. The molecule has 0 atom stereocenters. The lowest BCUT2D eigenvalue weighted by Crippen LogP contribution is -2.04. The molecule has 0 saturated heterocycles. The van der Waals surface area contributed by atoms with Gasteiger partial charge in [0.25, 0.3) is 0 Å². The molecule has 4 rings (SSSR count). The third kappa shape index (κ3) is 7.33. The first kappa shape index (κ1) is 28.1. The molecule has 14 heteroatoms. The average molecular weight is 607 g/mol. The molecule has 0 saturated carbocycles. The molecule has 10 nitrogen and oxygen atoms in total. The first-order valence-corrected chi connectivity index (χ1v) is 12.5. The van der Waals surface area contributed by atoms with E-state index in [4.69, 9.17) is 51.1 Å². The number of methoxy groups -OCH3 is 1. The van der Waals surface area contributed by atoms with Crippen molar-refractivity contribution in [2.45, 2.75) is 0 Å². The Labute approximate surface area is 242 Å². The van der Waals surface area contributed by atoms with Crippen LogP contribution in [0.15, 0.2) is 64.8 Å². The van der Waals surface area contributed by atoms with Crippen molar-refractivity contribution in [2.24, 2.45) is 10.2 Å². The number of nitrogens with zero attached hydrogens (tertiary/aromatic N) is 4. The number of ether oxygens (including phenoxy) is 1. The average Bonchev–Trinajstić information content (AvgIpc) is 2.90. The van der Waals surface area contributed by atoms with Crippen molar-refractivity contribution in [1.82, 2.24) is 9.97 Å².